The van der Waals surface area contributed by atoms with Crippen molar-refractivity contribution < 1.29 is 4.74 Å². The molecule has 0 aliphatic rings. The first-order valence-electron chi connectivity index (χ1n) is 5.48. The summed E-state index contributed by atoms with van der Waals surface area (Å²) in [6, 6.07) is 16.4. The van der Waals surface area contributed by atoms with Crippen LogP contribution < -0.4 is 4.74 Å². The Morgan fingerprint density at radius 3 is 1.94 bits per heavy atom. The van der Waals surface area contributed by atoms with Crippen molar-refractivity contribution in [3.05, 3.63) is 65.2 Å². The summed E-state index contributed by atoms with van der Waals surface area (Å²) < 4.78 is 5.08. The molecular formula is C15H12N2O. The number of benzene rings is 2. The van der Waals surface area contributed by atoms with Crippen LogP contribution in [-0.4, -0.2) is 12.8 Å². The van der Waals surface area contributed by atoms with Gasteiger partial charge in [-0.25, -0.2) is 0 Å². The van der Waals surface area contributed by atoms with Crippen molar-refractivity contribution in [2.75, 3.05) is 7.11 Å². The monoisotopic (exact) mass is 236 g/mol. The van der Waals surface area contributed by atoms with Gasteiger partial charge in [0.1, 0.15) is 5.75 Å². The smallest absolute Gasteiger partial charge is 0.118 e. The van der Waals surface area contributed by atoms with Crippen LogP contribution in [0.2, 0.25) is 0 Å². The van der Waals surface area contributed by atoms with Crippen molar-refractivity contribution >= 4 is 5.71 Å². The lowest BCUT2D eigenvalue weighted by Gasteiger charge is -2.05. The van der Waals surface area contributed by atoms with Crippen LogP contribution in [0.1, 0.15) is 16.7 Å². The van der Waals surface area contributed by atoms with Gasteiger partial charge in [-0.2, -0.15) is 5.26 Å². The highest BCUT2D eigenvalue weighted by Gasteiger charge is 2.04. The predicted molar refractivity (Wildman–Crippen MR) is 70.1 cm³/mol. The van der Waals surface area contributed by atoms with Crippen LogP contribution in [0.3, 0.4) is 0 Å². The number of ether oxygens (including phenoxy) is 1. The average Bonchev–Trinajstić information content (AvgIpc) is 2.47. The molecule has 18 heavy (non-hydrogen) atoms. The van der Waals surface area contributed by atoms with Crippen LogP contribution in [0.15, 0.2) is 48.5 Å². The van der Waals surface area contributed by atoms with Crippen LogP contribution in [0.5, 0.6) is 5.75 Å². The molecule has 0 aromatic heterocycles. The lowest BCUT2D eigenvalue weighted by atomic mass is 10.0. The SMILES string of the molecule is COc1ccc(C(=N)c2ccc(C#N)cc2)cc1. The molecule has 3 heteroatoms. The number of rotatable bonds is 3. The van der Waals surface area contributed by atoms with E-state index in [4.69, 9.17) is 15.4 Å². The Morgan fingerprint density at radius 2 is 1.50 bits per heavy atom. The number of hydrogen-bond donors (Lipinski definition) is 1. The molecule has 3 nitrogen and oxygen atoms in total. The molecule has 0 spiro atoms. The lowest BCUT2D eigenvalue weighted by Crippen LogP contribution is -2.01. The van der Waals surface area contributed by atoms with Gasteiger partial charge in [0, 0.05) is 11.1 Å². The van der Waals surface area contributed by atoms with E-state index in [1.807, 2.05) is 24.3 Å². The van der Waals surface area contributed by atoms with Gasteiger partial charge in [-0.3, -0.25) is 5.41 Å². The summed E-state index contributed by atoms with van der Waals surface area (Å²) in [5, 5.41) is 16.8. The summed E-state index contributed by atoms with van der Waals surface area (Å²) in [5.74, 6) is 0.770. The van der Waals surface area contributed by atoms with Crippen molar-refractivity contribution in [2.45, 2.75) is 0 Å². The van der Waals surface area contributed by atoms with E-state index in [9.17, 15) is 0 Å². The highest BCUT2D eigenvalue weighted by molar-refractivity contribution is 6.10. The molecule has 0 radical (unpaired) electrons. The molecule has 0 bridgehead atoms. The minimum absolute atomic E-state index is 0.433. The normalized spacial score (nSPS) is 9.56. The Bertz CT molecular complexity index is 592. The van der Waals surface area contributed by atoms with Gasteiger partial charge in [0.25, 0.3) is 0 Å². The van der Waals surface area contributed by atoms with Gasteiger partial charge >= 0.3 is 0 Å². The maximum absolute atomic E-state index is 8.72. The predicted octanol–water partition coefficient (Wildman–Crippen LogP) is 2.98. The van der Waals surface area contributed by atoms with Crippen LogP contribution in [0.4, 0.5) is 0 Å². The van der Waals surface area contributed by atoms with Crippen LogP contribution in [0.25, 0.3) is 0 Å². The number of nitrogens with zero attached hydrogens (tertiary/aromatic N) is 1. The standard InChI is InChI=1S/C15H12N2O/c1-18-14-8-6-13(7-9-14)15(17)12-4-2-11(10-16)3-5-12/h2-9,17H,1H3. The number of nitrogens with one attached hydrogen (secondary N) is 1. The molecule has 0 amide bonds. The summed E-state index contributed by atoms with van der Waals surface area (Å²) in [6.45, 7) is 0. The maximum atomic E-state index is 8.72. The van der Waals surface area contributed by atoms with Crippen molar-refractivity contribution in [2.24, 2.45) is 0 Å². The maximum Gasteiger partial charge on any atom is 0.118 e. The first-order valence-corrected chi connectivity index (χ1v) is 5.48. The zero-order valence-electron chi connectivity index (χ0n) is 9.97. The Labute approximate surface area is 106 Å². The second-order valence-electron chi connectivity index (χ2n) is 3.79. The number of hydrogen-bond acceptors (Lipinski definition) is 3. The second-order valence-corrected chi connectivity index (χ2v) is 3.79. The van der Waals surface area contributed by atoms with Crippen molar-refractivity contribution in [3.63, 3.8) is 0 Å². The first kappa shape index (κ1) is 11.9. The molecular weight excluding hydrogens is 224 g/mol. The fraction of sp³-hybridized carbons (Fsp3) is 0.0667. The highest BCUT2D eigenvalue weighted by Crippen LogP contribution is 2.15. The zero-order valence-corrected chi connectivity index (χ0v) is 9.97. The van der Waals surface area contributed by atoms with E-state index < -0.39 is 0 Å². The van der Waals surface area contributed by atoms with E-state index in [2.05, 4.69) is 6.07 Å². The fourth-order valence-corrected chi connectivity index (χ4v) is 1.64. The molecule has 0 saturated heterocycles. The van der Waals surface area contributed by atoms with Gasteiger partial charge in [-0.1, -0.05) is 12.1 Å². The Balaban J connectivity index is 2.26. The Kier molecular flexibility index (Phi) is 3.40. The second kappa shape index (κ2) is 5.15. The summed E-state index contributed by atoms with van der Waals surface area (Å²) in [7, 11) is 1.61. The number of methoxy groups -OCH3 is 1. The summed E-state index contributed by atoms with van der Waals surface area (Å²) >= 11 is 0. The van der Waals surface area contributed by atoms with Gasteiger partial charge in [-0.15, -0.1) is 0 Å². The fourth-order valence-electron chi connectivity index (χ4n) is 1.64. The van der Waals surface area contributed by atoms with Gasteiger partial charge in [0.2, 0.25) is 0 Å². The molecule has 88 valence electrons. The molecule has 0 aliphatic heterocycles. The molecule has 0 saturated carbocycles. The van der Waals surface area contributed by atoms with Gasteiger partial charge in [0.05, 0.1) is 24.5 Å². The minimum atomic E-state index is 0.433. The zero-order chi connectivity index (χ0) is 13.0. The van der Waals surface area contributed by atoms with Crippen molar-refractivity contribution in [1.82, 2.24) is 0 Å². The van der Waals surface area contributed by atoms with Gasteiger partial charge < -0.3 is 4.74 Å². The molecule has 2 aromatic rings. The molecule has 0 fully saturated rings. The minimum Gasteiger partial charge on any atom is -0.497 e. The molecule has 2 rings (SSSR count). The van der Waals surface area contributed by atoms with E-state index >= 15 is 0 Å². The van der Waals surface area contributed by atoms with Gasteiger partial charge in [-0.05, 0) is 36.4 Å². The third kappa shape index (κ3) is 2.38. The lowest BCUT2D eigenvalue weighted by molar-refractivity contribution is 0.415. The third-order valence-corrected chi connectivity index (χ3v) is 2.68. The van der Waals surface area contributed by atoms with Crippen LogP contribution in [-0.2, 0) is 0 Å². The molecule has 1 N–H and O–H groups in total. The Morgan fingerprint density at radius 1 is 1.00 bits per heavy atom. The van der Waals surface area contributed by atoms with Gasteiger partial charge in [0.15, 0.2) is 0 Å². The third-order valence-electron chi connectivity index (χ3n) is 2.68. The summed E-state index contributed by atoms with van der Waals surface area (Å²) in [6.07, 6.45) is 0. The van der Waals surface area contributed by atoms with E-state index in [0.717, 1.165) is 16.9 Å². The van der Waals surface area contributed by atoms with Crippen molar-refractivity contribution in [1.29, 1.82) is 10.7 Å². The van der Waals surface area contributed by atoms with Crippen molar-refractivity contribution in [3.8, 4) is 11.8 Å². The Hall–Kier alpha value is -2.60. The molecule has 0 heterocycles. The topological polar surface area (TPSA) is 56.9 Å². The summed E-state index contributed by atoms with van der Waals surface area (Å²) in [4.78, 5) is 0. The van der Waals surface area contributed by atoms with Crippen LogP contribution >= 0.6 is 0 Å². The number of nitriles is 1. The largest absolute Gasteiger partial charge is 0.497 e. The molecule has 2 aromatic carbocycles. The highest BCUT2D eigenvalue weighted by atomic mass is 16.5. The van der Waals surface area contributed by atoms with Crippen LogP contribution in [0, 0.1) is 16.7 Å². The quantitative estimate of drug-likeness (QED) is 0.833. The average molecular weight is 236 g/mol. The molecule has 0 aliphatic carbocycles. The van der Waals surface area contributed by atoms with E-state index in [1.54, 1.807) is 31.4 Å². The summed E-state index contributed by atoms with van der Waals surface area (Å²) in [5.41, 5.74) is 2.64. The van der Waals surface area contributed by atoms with E-state index in [0.29, 0.717) is 11.3 Å². The molecule has 0 unspecified atom stereocenters. The van der Waals surface area contributed by atoms with E-state index in [1.165, 1.54) is 0 Å². The van der Waals surface area contributed by atoms with E-state index in [-0.39, 0.29) is 0 Å². The molecule has 0 atom stereocenters. The first-order chi connectivity index (χ1) is 8.74.